The molecule has 1 amide bonds. The summed E-state index contributed by atoms with van der Waals surface area (Å²) in [4.78, 5) is 38.1. The minimum atomic E-state index is -0.250. The van der Waals surface area contributed by atoms with Crippen LogP contribution in [0.5, 0.6) is 0 Å². The lowest BCUT2D eigenvalue weighted by Crippen LogP contribution is -2.43. The summed E-state index contributed by atoms with van der Waals surface area (Å²) in [6.07, 6.45) is 3.31. The number of carboxylic acid groups (broad SMARTS) is 1. The number of para-hydroxylation sites is 1. The molecule has 0 atom stereocenters. The highest BCUT2D eigenvalue weighted by Gasteiger charge is 2.33. The molecule has 7 nitrogen and oxygen atoms in total. The summed E-state index contributed by atoms with van der Waals surface area (Å²) in [6.45, 7) is 3.42. The average molecular weight is 344 g/mol. The molecule has 2 aromatic rings. The summed E-state index contributed by atoms with van der Waals surface area (Å²) in [5.74, 6) is -0.187. The van der Waals surface area contributed by atoms with Crippen molar-refractivity contribution in [2.45, 2.75) is 18.9 Å². The van der Waals surface area contributed by atoms with Crippen molar-refractivity contribution in [2.24, 2.45) is 0 Å². The molecule has 5 rings (SSSR count). The van der Waals surface area contributed by atoms with Crippen LogP contribution in [0, 0.1) is 0 Å². The number of hydrogen-bond acceptors (Lipinski definition) is 5. The Morgan fingerprint density at radius 2 is 1.84 bits per heavy atom. The van der Waals surface area contributed by atoms with E-state index in [1.54, 1.807) is 18.2 Å². The standard InChI is InChI=1S/C17H18N2O3.CH2O2/c20-16-13-3-1-2-4-15(13)22-11-14(16)17(21)19-10-9-18-7-5-12(19)6-8-18;2-1-3/h1-4,11-12H,5-10H2;1H,(H,2,3). The Balaban J connectivity index is 0.000000569. The number of fused-ring (bicyclic) bond motifs is 5. The number of benzene rings is 1. The van der Waals surface area contributed by atoms with E-state index in [1.165, 1.54) is 6.26 Å². The molecular weight excluding hydrogens is 324 g/mol. The zero-order valence-corrected chi connectivity index (χ0v) is 13.8. The van der Waals surface area contributed by atoms with Gasteiger partial charge in [-0.3, -0.25) is 14.4 Å². The third kappa shape index (κ3) is 3.41. The first-order chi connectivity index (χ1) is 12.2. The van der Waals surface area contributed by atoms with Gasteiger partial charge >= 0.3 is 0 Å². The van der Waals surface area contributed by atoms with Crippen LogP contribution in [0.2, 0.25) is 0 Å². The zero-order valence-electron chi connectivity index (χ0n) is 13.8. The second kappa shape index (κ2) is 7.48. The highest BCUT2D eigenvalue weighted by Crippen LogP contribution is 2.22. The zero-order chi connectivity index (χ0) is 17.8. The number of rotatable bonds is 1. The number of nitrogens with zero attached hydrogens (tertiary/aromatic N) is 2. The van der Waals surface area contributed by atoms with Crippen LogP contribution < -0.4 is 5.43 Å². The van der Waals surface area contributed by atoms with Crippen LogP contribution in [0.15, 0.2) is 39.7 Å². The maximum Gasteiger partial charge on any atom is 0.290 e. The second-order valence-electron chi connectivity index (χ2n) is 6.15. The van der Waals surface area contributed by atoms with Gasteiger partial charge in [-0.05, 0) is 25.0 Å². The molecule has 0 saturated carbocycles. The molecular formula is C18H20N2O5. The van der Waals surface area contributed by atoms with Gasteiger partial charge < -0.3 is 19.3 Å². The summed E-state index contributed by atoms with van der Waals surface area (Å²) in [5, 5.41) is 7.36. The Labute approximate surface area is 144 Å². The SMILES string of the molecule is O=C(c1coc2ccccc2c1=O)N1CCN2CCC1CC2.O=CO. The lowest BCUT2D eigenvalue weighted by atomic mass is 10.0. The summed E-state index contributed by atoms with van der Waals surface area (Å²) in [7, 11) is 0. The molecule has 1 N–H and O–H groups in total. The maximum absolute atomic E-state index is 12.9. The number of hydrogen-bond donors (Lipinski definition) is 1. The van der Waals surface area contributed by atoms with Gasteiger partial charge in [0.1, 0.15) is 17.4 Å². The Hall–Kier alpha value is -2.67. The van der Waals surface area contributed by atoms with Crippen LogP contribution in [-0.4, -0.2) is 59.5 Å². The molecule has 4 heterocycles. The van der Waals surface area contributed by atoms with E-state index < -0.39 is 0 Å². The van der Waals surface area contributed by atoms with Crippen LogP contribution in [0.3, 0.4) is 0 Å². The van der Waals surface area contributed by atoms with Gasteiger partial charge in [-0.2, -0.15) is 0 Å². The van der Waals surface area contributed by atoms with Crippen LogP contribution in [0.25, 0.3) is 11.0 Å². The highest BCUT2D eigenvalue weighted by atomic mass is 16.3. The van der Waals surface area contributed by atoms with Crippen molar-refractivity contribution in [1.82, 2.24) is 9.80 Å². The van der Waals surface area contributed by atoms with Gasteiger partial charge in [0.15, 0.2) is 0 Å². The van der Waals surface area contributed by atoms with E-state index in [4.69, 9.17) is 14.3 Å². The first-order valence-corrected chi connectivity index (χ1v) is 8.27. The van der Waals surface area contributed by atoms with E-state index in [1.807, 2.05) is 11.0 Å². The molecule has 132 valence electrons. The molecule has 0 spiro atoms. The number of carbonyl (C=O) groups excluding carboxylic acids is 1. The van der Waals surface area contributed by atoms with E-state index in [2.05, 4.69) is 4.90 Å². The Kier molecular flexibility index (Phi) is 5.14. The predicted octanol–water partition coefficient (Wildman–Crippen LogP) is 1.41. The quantitative estimate of drug-likeness (QED) is 0.787. The fourth-order valence-corrected chi connectivity index (χ4v) is 3.53. The lowest BCUT2D eigenvalue weighted by molar-refractivity contribution is -0.122. The van der Waals surface area contributed by atoms with Gasteiger partial charge in [0.25, 0.3) is 12.4 Å². The first kappa shape index (κ1) is 17.2. The van der Waals surface area contributed by atoms with Gasteiger partial charge in [0.05, 0.1) is 5.39 Å². The van der Waals surface area contributed by atoms with Crippen molar-refractivity contribution < 1.29 is 19.1 Å². The third-order valence-corrected chi connectivity index (χ3v) is 4.83. The molecule has 3 aliphatic heterocycles. The minimum Gasteiger partial charge on any atom is -0.483 e. The number of piperidine rings is 1. The Morgan fingerprint density at radius 3 is 2.56 bits per heavy atom. The molecule has 1 aromatic heterocycles. The minimum absolute atomic E-state index is 0.152. The van der Waals surface area contributed by atoms with Crippen molar-refractivity contribution >= 4 is 23.3 Å². The van der Waals surface area contributed by atoms with Crippen LogP contribution in [-0.2, 0) is 4.79 Å². The van der Waals surface area contributed by atoms with Gasteiger partial charge in [0, 0.05) is 32.2 Å². The Morgan fingerprint density at radius 1 is 1.16 bits per heavy atom. The van der Waals surface area contributed by atoms with E-state index >= 15 is 0 Å². The molecule has 0 aliphatic carbocycles. The maximum atomic E-state index is 12.9. The molecule has 7 heteroatoms. The molecule has 3 saturated heterocycles. The molecule has 25 heavy (non-hydrogen) atoms. The molecule has 1 aromatic carbocycles. The smallest absolute Gasteiger partial charge is 0.290 e. The van der Waals surface area contributed by atoms with Crippen molar-refractivity contribution in [3.63, 3.8) is 0 Å². The Bertz CT molecular complexity index is 824. The third-order valence-electron chi connectivity index (χ3n) is 4.83. The van der Waals surface area contributed by atoms with E-state index in [-0.39, 0.29) is 29.4 Å². The summed E-state index contributed by atoms with van der Waals surface area (Å²) in [6, 6.07) is 7.30. The van der Waals surface area contributed by atoms with Gasteiger partial charge in [0.2, 0.25) is 5.43 Å². The van der Waals surface area contributed by atoms with Crippen molar-refractivity contribution in [1.29, 1.82) is 0 Å². The topological polar surface area (TPSA) is 91.1 Å². The van der Waals surface area contributed by atoms with Crippen LogP contribution >= 0.6 is 0 Å². The predicted molar refractivity (Wildman–Crippen MR) is 91.7 cm³/mol. The lowest BCUT2D eigenvalue weighted by Gasteiger charge is -2.31. The largest absolute Gasteiger partial charge is 0.483 e. The summed E-state index contributed by atoms with van der Waals surface area (Å²) >= 11 is 0. The molecule has 3 aliphatic rings. The fraction of sp³-hybridized carbons (Fsp3) is 0.389. The van der Waals surface area contributed by atoms with E-state index in [0.29, 0.717) is 17.5 Å². The van der Waals surface area contributed by atoms with Crippen LogP contribution in [0.4, 0.5) is 0 Å². The fourth-order valence-electron chi connectivity index (χ4n) is 3.53. The summed E-state index contributed by atoms with van der Waals surface area (Å²) in [5.41, 5.74) is 0.442. The van der Waals surface area contributed by atoms with E-state index in [0.717, 1.165) is 32.5 Å². The summed E-state index contributed by atoms with van der Waals surface area (Å²) < 4.78 is 5.49. The van der Waals surface area contributed by atoms with Crippen molar-refractivity contribution in [2.75, 3.05) is 26.2 Å². The van der Waals surface area contributed by atoms with Gasteiger partial charge in [-0.1, -0.05) is 12.1 Å². The van der Waals surface area contributed by atoms with Crippen LogP contribution in [0.1, 0.15) is 23.2 Å². The molecule has 2 bridgehead atoms. The van der Waals surface area contributed by atoms with E-state index in [9.17, 15) is 9.59 Å². The molecule has 3 fully saturated rings. The van der Waals surface area contributed by atoms with Crippen molar-refractivity contribution in [3.05, 3.63) is 46.3 Å². The van der Waals surface area contributed by atoms with Gasteiger partial charge in [-0.15, -0.1) is 0 Å². The van der Waals surface area contributed by atoms with Crippen molar-refractivity contribution in [3.8, 4) is 0 Å². The van der Waals surface area contributed by atoms with Gasteiger partial charge in [-0.25, -0.2) is 0 Å². The monoisotopic (exact) mass is 344 g/mol. The second-order valence-corrected chi connectivity index (χ2v) is 6.15. The number of amides is 1. The first-order valence-electron chi connectivity index (χ1n) is 8.27. The average Bonchev–Trinajstić information content (AvgIpc) is 2.96. The molecule has 0 radical (unpaired) electrons. The molecule has 0 unspecified atom stereocenters. The highest BCUT2D eigenvalue weighted by molar-refractivity contribution is 5.96. The number of carbonyl (C=O) groups is 2. The normalized spacial score (nSPS) is 22.0.